The van der Waals surface area contributed by atoms with Crippen molar-refractivity contribution in [1.29, 1.82) is 0 Å². The molecule has 0 saturated heterocycles. The average molecular weight is 375 g/mol. The van der Waals surface area contributed by atoms with Crippen LogP contribution in [0.15, 0.2) is 59.9 Å². The van der Waals surface area contributed by atoms with Gasteiger partial charge in [0.25, 0.3) is 10.0 Å². The molecule has 0 fully saturated rings. The molecule has 0 saturated carbocycles. The zero-order valence-electron chi connectivity index (χ0n) is 14.3. The van der Waals surface area contributed by atoms with Crippen LogP contribution in [0, 0.1) is 5.82 Å². The van der Waals surface area contributed by atoms with Crippen LogP contribution in [-0.2, 0) is 16.6 Å². The minimum Gasteiger partial charge on any atom is -0.494 e. The second-order valence-corrected chi connectivity index (χ2v) is 7.35. The summed E-state index contributed by atoms with van der Waals surface area (Å²) in [6, 6.07) is 8.96. The fourth-order valence-electron chi connectivity index (χ4n) is 2.76. The van der Waals surface area contributed by atoms with Crippen molar-refractivity contribution in [2.75, 3.05) is 14.2 Å². The van der Waals surface area contributed by atoms with Crippen LogP contribution in [-0.4, -0.2) is 31.5 Å². The predicted molar refractivity (Wildman–Crippen MR) is 96.0 cm³/mol. The van der Waals surface area contributed by atoms with E-state index in [2.05, 4.69) is 10.3 Å². The molecule has 136 valence electrons. The maximum Gasteiger partial charge on any atom is 0.269 e. The molecule has 0 amide bonds. The monoisotopic (exact) mass is 375 g/mol. The van der Waals surface area contributed by atoms with Gasteiger partial charge >= 0.3 is 0 Å². The summed E-state index contributed by atoms with van der Waals surface area (Å²) in [5.74, 6) is -0.237. The third-order valence-electron chi connectivity index (χ3n) is 3.89. The molecule has 26 heavy (non-hydrogen) atoms. The van der Waals surface area contributed by atoms with E-state index >= 15 is 0 Å². The Morgan fingerprint density at radius 3 is 2.62 bits per heavy atom. The van der Waals surface area contributed by atoms with Crippen LogP contribution in [0.5, 0.6) is 5.75 Å². The maximum absolute atomic E-state index is 14.5. The number of halogens is 1. The highest BCUT2D eigenvalue weighted by Gasteiger charge is 2.28. The van der Waals surface area contributed by atoms with Crippen LogP contribution in [0.25, 0.3) is 11.3 Å². The molecule has 8 heteroatoms. The Labute approximate surface area is 151 Å². The Morgan fingerprint density at radius 2 is 2.00 bits per heavy atom. The van der Waals surface area contributed by atoms with Crippen molar-refractivity contribution in [1.82, 2.24) is 14.3 Å². The Morgan fingerprint density at radius 1 is 1.23 bits per heavy atom. The molecule has 0 unspecified atom stereocenters. The van der Waals surface area contributed by atoms with E-state index in [4.69, 9.17) is 4.74 Å². The van der Waals surface area contributed by atoms with Gasteiger partial charge in [0.05, 0.1) is 7.11 Å². The van der Waals surface area contributed by atoms with Crippen LogP contribution in [0.3, 0.4) is 0 Å². The van der Waals surface area contributed by atoms with E-state index in [1.165, 1.54) is 50.0 Å². The van der Waals surface area contributed by atoms with Gasteiger partial charge in [-0.1, -0.05) is 12.1 Å². The summed E-state index contributed by atoms with van der Waals surface area (Å²) in [6.07, 6.45) is 4.18. The number of ether oxygens (including phenoxy) is 1. The number of hydrogen-bond donors (Lipinski definition) is 1. The van der Waals surface area contributed by atoms with Crippen LogP contribution in [0.4, 0.5) is 4.39 Å². The van der Waals surface area contributed by atoms with Crippen molar-refractivity contribution >= 4 is 10.0 Å². The van der Waals surface area contributed by atoms with Crippen molar-refractivity contribution in [3.63, 3.8) is 0 Å². The van der Waals surface area contributed by atoms with Crippen molar-refractivity contribution in [2.24, 2.45) is 0 Å². The highest BCUT2D eigenvalue weighted by atomic mass is 32.2. The van der Waals surface area contributed by atoms with Crippen molar-refractivity contribution in [2.45, 2.75) is 11.4 Å². The van der Waals surface area contributed by atoms with Gasteiger partial charge in [-0.15, -0.1) is 0 Å². The van der Waals surface area contributed by atoms with Crippen LogP contribution in [0.1, 0.15) is 5.56 Å². The Hall–Kier alpha value is -2.71. The summed E-state index contributed by atoms with van der Waals surface area (Å²) in [6.45, 7) is 0.361. The van der Waals surface area contributed by atoms with Gasteiger partial charge in [-0.25, -0.2) is 16.8 Å². The van der Waals surface area contributed by atoms with Gasteiger partial charge in [0.1, 0.15) is 22.2 Å². The molecular weight excluding hydrogens is 357 g/mol. The number of methoxy groups -OCH3 is 1. The van der Waals surface area contributed by atoms with E-state index in [9.17, 15) is 12.8 Å². The molecule has 3 rings (SSSR count). The Kier molecular flexibility index (Phi) is 5.06. The maximum atomic E-state index is 14.5. The van der Waals surface area contributed by atoms with Crippen LogP contribution < -0.4 is 10.1 Å². The summed E-state index contributed by atoms with van der Waals surface area (Å²) in [4.78, 5) is 3.88. The first-order chi connectivity index (χ1) is 12.5. The predicted octanol–water partition coefficient (Wildman–Crippen LogP) is 2.65. The molecule has 0 aliphatic carbocycles. The number of rotatable bonds is 6. The average Bonchev–Trinajstić information content (AvgIpc) is 3.02. The standard InChI is InChI=1S/C18H18FN3O3S/c1-20-10-13-12-22(26(23,24)14-6-5-9-21-11-14)17(18(13)25-2)15-7-3-4-8-16(15)19/h3-9,11-12,20H,10H2,1-2H3. The van der Waals surface area contributed by atoms with E-state index in [-0.39, 0.29) is 16.2 Å². The van der Waals surface area contributed by atoms with Gasteiger partial charge < -0.3 is 10.1 Å². The number of pyridine rings is 1. The molecule has 0 spiro atoms. The van der Waals surface area contributed by atoms with Gasteiger partial charge in [0, 0.05) is 36.3 Å². The fourth-order valence-corrected chi connectivity index (χ4v) is 4.12. The normalized spacial score (nSPS) is 11.5. The molecule has 2 heterocycles. The van der Waals surface area contributed by atoms with E-state index in [0.717, 1.165) is 3.97 Å². The van der Waals surface area contributed by atoms with Crippen molar-refractivity contribution in [3.05, 3.63) is 66.4 Å². The summed E-state index contributed by atoms with van der Waals surface area (Å²) in [5.41, 5.74) is 0.875. The van der Waals surface area contributed by atoms with Gasteiger partial charge in [-0.3, -0.25) is 4.98 Å². The zero-order chi connectivity index (χ0) is 18.7. The van der Waals surface area contributed by atoms with Gasteiger partial charge in [-0.2, -0.15) is 0 Å². The molecule has 1 N–H and O–H groups in total. The molecule has 6 nitrogen and oxygen atoms in total. The van der Waals surface area contributed by atoms with Crippen molar-refractivity contribution in [3.8, 4) is 17.0 Å². The molecule has 0 radical (unpaired) electrons. The topological polar surface area (TPSA) is 73.2 Å². The second-order valence-electron chi connectivity index (χ2n) is 5.54. The highest BCUT2D eigenvalue weighted by Crippen LogP contribution is 2.38. The summed E-state index contributed by atoms with van der Waals surface area (Å²) >= 11 is 0. The first kappa shape index (κ1) is 18.1. The number of benzene rings is 1. The number of nitrogens with zero attached hydrogens (tertiary/aromatic N) is 2. The van der Waals surface area contributed by atoms with E-state index in [1.807, 2.05) is 0 Å². The quantitative estimate of drug-likeness (QED) is 0.717. The molecule has 2 aromatic heterocycles. The van der Waals surface area contributed by atoms with Gasteiger partial charge in [0.2, 0.25) is 0 Å². The lowest BCUT2D eigenvalue weighted by Crippen LogP contribution is -2.14. The van der Waals surface area contributed by atoms with Crippen LogP contribution in [0.2, 0.25) is 0 Å². The Bertz CT molecular complexity index is 1020. The molecule has 3 aromatic rings. The lowest BCUT2D eigenvalue weighted by molar-refractivity contribution is 0.411. The smallest absolute Gasteiger partial charge is 0.269 e. The van der Waals surface area contributed by atoms with Gasteiger partial charge in [0.15, 0.2) is 0 Å². The fraction of sp³-hybridized carbons (Fsp3) is 0.167. The van der Waals surface area contributed by atoms with E-state index in [0.29, 0.717) is 17.9 Å². The third-order valence-corrected chi connectivity index (χ3v) is 5.53. The molecule has 0 aliphatic heterocycles. The van der Waals surface area contributed by atoms with Gasteiger partial charge in [-0.05, 0) is 31.3 Å². The number of hydrogen-bond acceptors (Lipinski definition) is 5. The highest BCUT2D eigenvalue weighted by molar-refractivity contribution is 7.90. The molecular formula is C18H18FN3O3S. The molecule has 1 aromatic carbocycles. The summed E-state index contributed by atoms with van der Waals surface area (Å²) < 4.78 is 47.3. The largest absolute Gasteiger partial charge is 0.494 e. The lowest BCUT2D eigenvalue weighted by Gasteiger charge is -2.12. The number of nitrogens with one attached hydrogen (secondary N) is 1. The first-order valence-corrected chi connectivity index (χ1v) is 9.28. The zero-order valence-corrected chi connectivity index (χ0v) is 15.1. The van der Waals surface area contributed by atoms with Crippen molar-refractivity contribution < 1.29 is 17.5 Å². The number of aromatic nitrogens is 2. The van der Waals surface area contributed by atoms with E-state index < -0.39 is 15.8 Å². The van der Waals surface area contributed by atoms with Crippen LogP contribution >= 0.6 is 0 Å². The second kappa shape index (κ2) is 7.27. The SMILES string of the molecule is CNCc1cn(S(=O)(=O)c2cccnc2)c(-c2ccccc2F)c1OC. The molecule has 0 atom stereocenters. The summed E-state index contributed by atoms with van der Waals surface area (Å²) in [5, 5.41) is 2.96. The van der Waals surface area contributed by atoms with E-state index in [1.54, 1.807) is 19.2 Å². The Balaban J connectivity index is 2.34. The first-order valence-electron chi connectivity index (χ1n) is 7.84. The minimum atomic E-state index is -3.98. The summed E-state index contributed by atoms with van der Waals surface area (Å²) in [7, 11) is -0.823. The molecule has 0 bridgehead atoms. The third kappa shape index (κ3) is 3.09. The molecule has 0 aliphatic rings. The lowest BCUT2D eigenvalue weighted by atomic mass is 10.1. The minimum absolute atomic E-state index is 0.00579.